The van der Waals surface area contributed by atoms with Gasteiger partial charge in [-0.1, -0.05) is 24.3 Å². The molecule has 1 nitrogen and oxygen atoms in total. The highest BCUT2D eigenvalue weighted by Crippen LogP contribution is 2.57. The van der Waals surface area contributed by atoms with Crippen LogP contribution >= 0.6 is 0 Å². The van der Waals surface area contributed by atoms with Crippen molar-refractivity contribution < 1.29 is 0 Å². The van der Waals surface area contributed by atoms with Gasteiger partial charge in [-0.3, -0.25) is 0 Å². The number of hydrogen-bond donors (Lipinski definition) is 0. The van der Waals surface area contributed by atoms with E-state index in [-0.39, 0.29) is 0 Å². The van der Waals surface area contributed by atoms with E-state index in [2.05, 4.69) is 30.3 Å². The van der Waals surface area contributed by atoms with Crippen molar-refractivity contribution in [2.45, 2.75) is 44.9 Å². The molecule has 1 aromatic rings. The average Bonchev–Trinajstić information content (AvgIpc) is 2.44. The maximum atomic E-state index is 8.74. The van der Waals surface area contributed by atoms with Crippen LogP contribution < -0.4 is 0 Å². The molecule has 5 rings (SSSR count). The van der Waals surface area contributed by atoms with Crippen LogP contribution in [-0.2, 0) is 12.8 Å². The second kappa shape index (κ2) is 4.92. The van der Waals surface area contributed by atoms with Crippen molar-refractivity contribution in [2.75, 3.05) is 0 Å². The average molecular weight is 265 g/mol. The predicted octanol–water partition coefficient (Wildman–Crippen LogP) is 4.37. The number of nitrogens with zero attached hydrogens (tertiary/aromatic N) is 1. The zero-order chi connectivity index (χ0) is 13.5. The van der Waals surface area contributed by atoms with Crippen LogP contribution in [0.1, 0.15) is 43.2 Å². The van der Waals surface area contributed by atoms with E-state index in [1.165, 1.54) is 37.7 Å². The molecule has 4 saturated carbocycles. The summed E-state index contributed by atoms with van der Waals surface area (Å²) in [6, 6.07) is 11.0. The summed E-state index contributed by atoms with van der Waals surface area (Å²) < 4.78 is 0. The Morgan fingerprint density at radius 1 is 0.850 bits per heavy atom. The molecule has 0 radical (unpaired) electrons. The van der Waals surface area contributed by atoms with E-state index in [0.29, 0.717) is 6.42 Å². The quantitative estimate of drug-likeness (QED) is 0.796. The fraction of sp³-hybridized carbons (Fsp3) is 0.632. The molecule has 4 aliphatic carbocycles. The Balaban J connectivity index is 1.47. The van der Waals surface area contributed by atoms with Crippen LogP contribution in [0.4, 0.5) is 0 Å². The Morgan fingerprint density at radius 3 is 1.95 bits per heavy atom. The third kappa shape index (κ3) is 2.16. The summed E-state index contributed by atoms with van der Waals surface area (Å²) in [5, 5.41) is 8.74. The van der Waals surface area contributed by atoms with Gasteiger partial charge in [-0.2, -0.15) is 5.26 Å². The van der Waals surface area contributed by atoms with Gasteiger partial charge in [-0.15, -0.1) is 0 Å². The zero-order valence-electron chi connectivity index (χ0n) is 12.1. The topological polar surface area (TPSA) is 23.8 Å². The van der Waals surface area contributed by atoms with Crippen molar-refractivity contribution >= 4 is 0 Å². The number of hydrogen-bond acceptors (Lipinski definition) is 1. The minimum absolute atomic E-state index is 0.540. The monoisotopic (exact) mass is 265 g/mol. The summed E-state index contributed by atoms with van der Waals surface area (Å²) in [4.78, 5) is 0. The lowest BCUT2D eigenvalue weighted by Crippen LogP contribution is -2.45. The van der Waals surface area contributed by atoms with Crippen LogP contribution in [0.15, 0.2) is 24.3 Å². The number of rotatable bonds is 3. The zero-order valence-corrected chi connectivity index (χ0v) is 12.1. The van der Waals surface area contributed by atoms with E-state index in [9.17, 15) is 0 Å². The van der Waals surface area contributed by atoms with Crippen molar-refractivity contribution in [3.05, 3.63) is 35.4 Å². The van der Waals surface area contributed by atoms with E-state index >= 15 is 0 Å². The van der Waals surface area contributed by atoms with E-state index in [1.54, 1.807) is 6.42 Å². The summed E-state index contributed by atoms with van der Waals surface area (Å²) in [5.41, 5.74) is 2.64. The smallest absolute Gasteiger partial charge is 0.0669 e. The van der Waals surface area contributed by atoms with Crippen LogP contribution in [0.25, 0.3) is 0 Å². The molecule has 0 unspecified atom stereocenters. The second-order valence-corrected chi connectivity index (χ2v) is 7.45. The molecule has 0 aromatic heterocycles. The molecular formula is C19H23N. The summed E-state index contributed by atoms with van der Waals surface area (Å²) >= 11 is 0. The van der Waals surface area contributed by atoms with Gasteiger partial charge < -0.3 is 0 Å². The van der Waals surface area contributed by atoms with Gasteiger partial charge in [0, 0.05) is 0 Å². The van der Waals surface area contributed by atoms with Crippen molar-refractivity contribution in [3.8, 4) is 6.07 Å². The predicted molar refractivity (Wildman–Crippen MR) is 80.0 cm³/mol. The molecule has 0 saturated heterocycles. The first-order valence-electron chi connectivity index (χ1n) is 8.26. The molecule has 1 heteroatoms. The Hall–Kier alpha value is -1.29. The Labute approximate surface area is 122 Å². The first kappa shape index (κ1) is 12.5. The minimum atomic E-state index is 0.540. The van der Waals surface area contributed by atoms with Gasteiger partial charge in [-0.25, -0.2) is 0 Å². The molecular weight excluding hydrogens is 242 g/mol. The van der Waals surface area contributed by atoms with E-state index in [0.717, 1.165) is 35.2 Å². The lowest BCUT2D eigenvalue weighted by molar-refractivity contribution is -0.0360. The Kier molecular flexibility index (Phi) is 3.06. The molecule has 4 aliphatic rings. The summed E-state index contributed by atoms with van der Waals surface area (Å²) in [5.74, 6) is 5.14. The lowest BCUT2D eigenvalue weighted by atomic mass is 9.51. The third-order valence-electron chi connectivity index (χ3n) is 6.20. The normalized spacial score (nSPS) is 37.9. The highest BCUT2D eigenvalue weighted by Gasteiger charge is 2.47. The molecule has 4 fully saturated rings. The Morgan fingerprint density at radius 2 is 1.40 bits per heavy atom. The molecule has 0 atom stereocenters. The highest BCUT2D eigenvalue weighted by atomic mass is 14.5. The standard InChI is InChI=1S/C19H23N/c20-6-5-13-1-3-14(4-2-13)12-19-17-8-15-7-16(10-17)11-18(19)9-15/h1-4,15-19H,5,7-12H2. The number of nitriles is 1. The second-order valence-electron chi connectivity index (χ2n) is 7.45. The van der Waals surface area contributed by atoms with Crippen molar-refractivity contribution in [3.63, 3.8) is 0 Å². The van der Waals surface area contributed by atoms with Gasteiger partial charge in [0.25, 0.3) is 0 Å². The van der Waals surface area contributed by atoms with E-state index < -0.39 is 0 Å². The molecule has 4 bridgehead atoms. The van der Waals surface area contributed by atoms with Crippen molar-refractivity contribution in [2.24, 2.45) is 29.6 Å². The maximum Gasteiger partial charge on any atom is 0.0669 e. The van der Waals surface area contributed by atoms with Crippen LogP contribution in [0.2, 0.25) is 0 Å². The van der Waals surface area contributed by atoms with Crippen molar-refractivity contribution in [1.82, 2.24) is 0 Å². The van der Waals surface area contributed by atoms with Crippen LogP contribution in [0, 0.1) is 40.9 Å². The molecule has 0 N–H and O–H groups in total. The lowest BCUT2D eigenvalue weighted by Gasteiger charge is -2.54. The molecule has 0 spiro atoms. The SMILES string of the molecule is N#CCc1ccc(CC2C3CC4CC(C3)CC2C4)cc1. The van der Waals surface area contributed by atoms with Gasteiger partial charge in [0.1, 0.15) is 0 Å². The first-order chi connectivity index (χ1) is 9.81. The van der Waals surface area contributed by atoms with Gasteiger partial charge in [0.2, 0.25) is 0 Å². The third-order valence-corrected chi connectivity index (χ3v) is 6.20. The Bertz CT molecular complexity index is 494. The van der Waals surface area contributed by atoms with Crippen molar-refractivity contribution in [1.29, 1.82) is 5.26 Å². The van der Waals surface area contributed by atoms with Crippen LogP contribution in [-0.4, -0.2) is 0 Å². The fourth-order valence-corrected chi connectivity index (χ4v) is 5.53. The van der Waals surface area contributed by atoms with Gasteiger partial charge in [0.15, 0.2) is 0 Å². The molecule has 0 aliphatic heterocycles. The van der Waals surface area contributed by atoms with E-state index in [4.69, 9.17) is 5.26 Å². The fourth-order valence-electron chi connectivity index (χ4n) is 5.53. The van der Waals surface area contributed by atoms with Gasteiger partial charge >= 0.3 is 0 Å². The minimum Gasteiger partial charge on any atom is -0.198 e. The highest BCUT2D eigenvalue weighted by molar-refractivity contribution is 5.25. The number of benzene rings is 1. The summed E-state index contributed by atoms with van der Waals surface area (Å²) in [6.07, 6.45) is 9.44. The van der Waals surface area contributed by atoms with Gasteiger partial charge in [0.05, 0.1) is 12.5 Å². The molecule has 20 heavy (non-hydrogen) atoms. The summed E-state index contributed by atoms with van der Waals surface area (Å²) in [7, 11) is 0. The van der Waals surface area contributed by atoms with Crippen LogP contribution in [0.5, 0.6) is 0 Å². The summed E-state index contributed by atoms with van der Waals surface area (Å²) in [6.45, 7) is 0. The first-order valence-corrected chi connectivity index (χ1v) is 8.26. The van der Waals surface area contributed by atoms with Crippen LogP contribution in [0.3, 0.4) is 0 Å². The molecule has 0 heterocycles. The molecule has 104 valence electrons. The molecule has 0 amide bonds. The van der Waals surface area contributed by atoms with Gasteiger partial charge in [-0.05, 0) is 79.2 Å². The maximum absolute atomic E-state index is 8.74. The van der Waals surface area contributed by atoms with E-state index in [1.807, 2.05) is 0 Å². The molecule has 1 aromatic carbocycles. The largest absolute Gasteiger partial charge is 0.198 e.